The van der Waals surface area contributed by atoms with E-state index in [0.717, 1.165) is 0 Å². The predicted octanol–water partition coefficient (Wildman–Crippen LogP) is 2.76. The van der Waals surface area contributed by atoms with Gasteiger partial charge in [0.2, 0.25) is 0 Å². The van der Waals surface area contributed by atoms with Crippen LogP contribution in [0.15, 0.2) is 29.2 Å². The molecule has 0 aromatic heterocycles. The van der Waals surface area contributed by atoms with Gasteiger partial charge in [0.15, 0.2) is 0 Å². The molecular weight excluding hydrogens is 228 g/mol. The molecule has 2 rings (SSSR count). The lowest BCUT2D eigenvalue weighted by molar-refractivity contribution is 0.257. The highest BCUT2D eigenvalue weighted by atomic mass is 32.2. The third-order valence-corrected chi connectivity index (χ3v) is 4.52. The lowest BCUT2D eigenvalue weighted by atomic mass is 10.1. The lowest BCUT2D eigenvalue weighted by Gasteiger charge is -2.24. The van der Waals surface area contributed by atoms with Gasteiger partial charge in [0.05, 0.1) is 0 Å². The van der Waals surface area contributed by atoms with E-state index in [1.54, 1.807) is 11.8 Å². The Labute approximate surface area is 109 Å². The van der Waals surface area contributed by atoms with Crippen LogP contribution in [-0.2, 0) is 0 Å². The molecule has 0 amide bonds. The fourth-order valence-corrected chi connectivity index (χ4v) is 2.88. The van der Waals surface area contributed by atoms with E-state index in [0.29, 0.717) is 12.1 Å². The van der Waals surface area contributed by atoms with Crippen LogP contribution in [0.3, 0.4) is 0 Å². The Morgan fingerprint density at radius 1 is 1.35 bits per heavy atom. The van der Waals surface area contributed by atoms with Gasteiger partial charge in [-0.2, -0.15) is 0 Å². The van der Waals surface area contributed by atoms with Gasteiger partial charge in [0.25, 0.3) is 0 Å². The van der Waals surface area contributed by atoms with Gasteiger partial charge in [-0.25, -0.2) is 0 Å². The largest absolute Gasteiger partial charge is 0.316 e. The quantitative estimate of drug-likeness (QED) is 0.827. The minimum Gasteiger partial charge on any atom is -0.316 e. The van der Waals surface area contributed by atoms with E-state index in [2.05, 4.69) is 54.7 Å². The first-order chi connectivity index (χ1) is 8.24. The Kier molecular flexibility index (Phi) is 4.48. The molecule has 2 atom stereocenters. The minimum atomic E-state index is 0.532. The predicted molar refractivity (Wildman–Crippen MR) is 75.7 cm³/mol. The second kappa shape index (κ2) is 5.89. The van der Waals surface area contributed by atoms with Crippen LogP contribution in [0.5, 0.6) is 0 Å². The molecule has 0 aliphatic carbocycles. The standard InChI is InChI=1S/C14H22N2S/c1-11(16-9-8-13(10-16)15-2)12-4-6-14(17-3)7-5-12/h4-7,11,13,15H,8-10H2,1-3H3. The number of hydrogen-bond acceptors (Lipinski definition) is 3. The Morgan fingerprint density at radius 3 is 2.59 bits per heavy atom. The van der Waals surface area contributed by atoms with Crippen molar-refractivity contribution in [2.24, 2.45) is 0 Å². The SMILES string of the molecule is CNC1CCN(C(C)c2ccc(SC)cc2)C1. The van der Waals surface area contributed by atoms with Crippen LogP contribution >= 0.6 is 11.8 Å². The number of thioether (sulfide) groups is 1. The van der Waals surface area contributed by atoms with Gasteiger partial charge in [-0.05, 0) is 44.3 Å². The van der Waals surface area contributed by atoms with Crippen molar-refractivity contribution in [3.63, 3.8) is 0 Å². The monoisotopic (exact) mass is 250 g/mol. The summed E-state index contributed by atoms with van der Waals surface area (Å²) < 4.78 is 0. The smallest absolute Gasteiger partial charge is 0.0320 e. The minimum absolute atomic E-state index is 0.532. The fraction of sp³-hybridized carbons (Fsp3) is 0.571. The number of likely N-dealkylation sites (tertiary alicyclic amines) is 1. The molecular formula is C14H22N2S. The fourth-order valence-electron chi connectivity index (χ4n) is 2.47. The topological polar surface area (TPSA) is 15.3 Å². The summed E-state index contributed by atoms with van der Waals surface area (Å²) in [7, 11) is 2.06. The molecule has 1 fully saturated rings. The Balaban J connectivity index is 2.01. The molecule has 17 heavy (non-hydrogen) atoms. The first-order valence-electron chi connectivity index (χ1n) is 6.30. The Bertz CT molecular complexity index is 350. The Hall–Kier alpha value is -0.510. The summed E-state index contributed by atoms with van der Waals surface area (Å²) in [5.74, 6) is 0. The summed E-state index contributed by atoms with van der Waals surface area (Å²) in [5.41, 5.74) is 1.43. The first kappa shape index (κ1) is 12.9. The van der Waals surface area contributed by atoms with Crippen molar-refractivity contribution in [2.45, 2.75) is 30.3 Å². The van der Waals surface area contributed by atoms with Crippen LogP contribution in [0.4, 0.5) is 0 Å². The number of likely N-dealkylation sites (N-methyl/N-ethyl adjacent to an activating group) is 1. The average molecular weight is 250 g/mol. The molecule has 0 bridgehead atoms. The van der Waals surface area contributed by atoms with Gasteiger partial charge < -0.3 is 5.32 Å². The van der Waals surface area contributed by atoms with E-state index in [4.69, 9.17) is 0 Å². The molecule has 3 heteroatoms. The number of rotatable bonds is 4. The van der Waals surface area contributed by atoms with Crippen LogP contribution in [0.2, 0.25) is 0 Å². The van der Waals surface area contributed by atoms with Gasteiger partial charge in [0, 0.05) is 30.1 Å². The summed E-state index contributed by atoms with van der Waals surface area (Å²) in [4.78, 5) is 3.91. The summed E-state index contributed by atoms with van der Waals surface area (Å²) >= 11 is 1.80. The zero-order chi connectivity index (χ0) is 12.3. The summed E-state index contributed by atoms with van der Waals surface area (Å²) in [5, 5.41) is 3.37. The first-order valence-corrected chi connectivity index (χ1v) is 7.52. The lowest BCUT2D eigenvalue weighted by Crippen LogP contribution is -2.31. The highest BCUT2D eigenvalue weighted by Crippen LogP contribution is 2.26. The van der Waals surface area contributed by atoms with Crippen LogP contribution in [0, 0.1) is 0 Å². The van der Waals surface area contributed by atoms with E-state index in [-0.39, 0.29) is 0 Å². The summed E-state index contributed by atoms with van der Waals surface area (Å²) in [6, 6.07) is 10.2. The van der Waals surface area contributed by atoms with Gasteiger partial charge in [0.1, 0.15) is 0 Å². The molecule has 0 radical (unpaired) electrons. The second-order valence-corrected chi connectivity index (χ2v) is 5.60. The molecule has 1 aromatic rings. The van der Waals surface area contributed by atoms with Crippen molar-refractivity contribution in [3.8, 4) is 0 Å². The number of benzene rings is 1. The molecule has 0 spiro atoms. The van der Waals surface area contributed by atoms with Crippen molar-refractivity contribution in [1.29, 1.82) is 0 Å². The van der Waals surface area contributed by atoms with Crippen molar-refractivity contribution in [1.82, 2.24) is 10.2 Å². The summed E-state index contributed by atoms with van der Waals surface area (Å²) in [6.07, 6.45) is 3.39. The van der Waals surface area contributed by atoms with E-state index in [9.17, 15) is 0 Å². The molecule has 0 saturated carbocycles. The molecule has 2 unspecified atom stereocenters. The number of hydrogen-bond donors (Lipinski definition) is 1. The van der Waals surface area contributed by atoms with E-state index >= 15 is 0 Å². The third-order valence-electron chi connectivity index (χ3n) is 3.77. The highest BCUT2D eigenvalue weighted by Gasteiger charge is 2.25. The van der Waals surface area contributed by atoms with Crippen LogP contribution in [-0.4, -0.2) is 37.3 Å². The molecule has 1 heterocycles. The van der Waals surface area contributed by atoms with Gasteiger partial charge >= 0.3 is 0 Å². The normalized spacial score (nSPS) is 22.9. The van der Waals surface area contributed by atoms with Gasteiger partial charge in [-0.3, -0.25) is 4.90 Å². The second-order valence-electron chi connectivity index (χ2n) is 4.72. The molecule has 1 aromatic carbocycles. The highest BCUT2D eigenvalue weighted by molar-refractivity contribution is 7.98. The van der Waals surface area contributed by atoms with Crippen molar-refractivity contribution >= 4 is 11.8 Å². The van der Waals surface area contributed by atoms with Crippen molar-refractivity contribution in [2.75, 3.05) is 26.4 Å². The maximum atomic E-state index is 3.37. The maximum Gasteiger partial charge on any atom is 0.0320 e. The summed E-state index contributed by atoms with van der Waals surface area (Å²) in [6.45, 7) is 4.69. The molecule has 1 aliphatic rings. The van der Waals surface area contributed by atoms with Gasteiger partial charge in [-0.15, -0.1) is 11.8 Å². The van der Waals surface area contributed by atoms with Gasteiger partial charge in [-0.1, -0.05) is 12.1 Å². The molecule has 94 valence electrons. The zero-order valence-corrected chi connectivity index (χ0v) is 11.8. The van der Waals surface area contributed by atoms with Crippen molar-refractivity contribution in [3.05, 3.63) is 29.8 Å². The van der Waals surface area contributed by atoms with Crippen LogP contribution in [0.25, 0.3) is 0 Å². The van der Waals surface area contributed by atoms with E-state index < -0.39 is 0 Å². The molecule has 1 aliphatic heterocycles. The molecule has 1 N–H and O–H groups in total. The number of nitrogens with one attached hydrogen (secondary N) is 1. The van der Waals surface area contributed by atoms with Crippen molar-refractivity contribution < 1.29 is 0 Å². The van der Waals surface area contributed by atoms with Crippen LogP contribution < -0.4 is 5.32 Å². The molecule has 1 saturated heterocycles. The van der Waals surface area contributed by atoms with Crippen LogP contribution in [0.1, 0.15) is 24.9 Å². The van der Waals surface area contributed by atoms with E-state index in [1.807, 2.05) is 0 Å². The molecule has 2 nitrogen and oxygen atoms in total. The third kappa shape index (κ3) is 3.03. The Morgan fingerprint density at radius 2 is 2.06 bits per heavy atom. The zero-order valence-electron chi connectivity index (χ0n) is 10.9. The maximum absolute atomic E-state index is 3.37. The van der Waals surface area contributed by atoms with E-state index in [1.165, 1.54) is 30.0 Å². The number of nitrogens with zero attached hydrogens (tertiary/aromatic N) is 1. The average Bonchev–Trinajstić information content (AvgIpc) is 2.87.